The Kier molecular flexibility index (Phi) is 3.41. The summed E-state index contributed by atoms with van der Waals surface area (Å²) in [6.45, 7) is 9.65. The lowest BCUT2D eigenvalue weighted by molar-refractivity contribution is 0.650. The second kappa shape index (κ2) is 3.87. The molecule has 0 saturated carbocycles. The quantitative estimate of drug-likeness (QED) is 0.649. The molecule has 1 heterocycles. The van der Waals surface area contributed by atoms with Crippen LogP contribution in [0.5, 0.6) is 0 Å². The van der Waals surface area contributed by atoms with Crippen molar-refractivity contribution in [2.24, 2.45) is 0 Å². The number of hydrogen-bond donors (Lipinski definition) is 0. The zero-order valence-corrected chi connectivity index (χ0v) is 12.0. The molecule has 1 aliphatic rings. The second-order valence-electron chi connectivity index (χ2n) is 4.60. The van der Waals surface area contributed by atoms with E-state index >= 15 is 0 Å². The van der Waals surface area contributed by atoms with E-state index in [1.54, 1.807) is 5.67 Å². The summed E-state index contributed by atoms with van der Waals surface area (Å²) in [5.74, 6) is 0. The van der Waals surface area contributed by atoms with E-state index in [0.717, 1.165) is 0 Å². The van der Waals surface area contributed by atoms with E-state index in [1.165, 1.54) is 24.2 Å². The Morgan fingerprint density at radius 2 is 1.15 bits per heavy atom. The van der Waals surface area contributed by atoms with Gasteiger partial charge in [0.1, 0.15) is 16.5 Å². The van der Waals surface area contributed by atoms with E-state index in [4.69, 9.17) is 0 Å². The van der Waals surface area contributed by atoms with Gasteiger partial charge in [0.15, 0.2) is 0 Å². The van der Waals surface area contributed by atoms with Crippen molar-refractivity contribution >= 4 is 16.5 Å². The van der Waals surface area contributed by atoms with Crippen molar-refractivity contribution in [1.29, 1.82) is 0 Å². The number of hydrogen-bond acceptors (Lipinski definition) is 1. The highest BCUT2D eigenvalue weighted by Gasteiger charge is 2.58. The Hall–Kier alpha value is 0.394. The molecule has 0 atom stereocenters. The van der Waals surface area contributed by atoms with Crippen LogP contribution >= 0.6 is 0 Å². The van der Waals surface area contributed by atoms with Gasteiger partial charge in [0.05, 0.1) is 0 Å². The summed E-state index contributed by atoms with van der Waals surface area (Å²) < 4.78 is 2.93. The molecule has 0 amide bonds. The predicted octanol–water partition coefficient (Wildman–Crippen LogP) is 3.44. The van der Waals surface area contributed by atoms with Crippen LogP contribution in [-0.2, 0) is 0 Å². The van der Waals surface area contributed by atoms with Crippen LogP contribution in [0.3, 0.4) is 0 Å². The SMILES string of the molecule is CC[Si]1(CC)C[Si](CC)(CC)N1C. The van der Waals surface area contributed by atoms with Gasteiger partial charge >= 0.3 is 0 Å². The van der Waals surface area contributed by atoms with E-state index in [9.17, 15) is 0 Å². The fraction of sp³-hybridized carbons (Fsp3) is 1.00. The van der Waals surface area contributed by atoms with Crippen LogP contribution in [0.4, 0.5) is 0 Å². The first kappa shape index (κ1) is 11.5. The van der Waals surface area contributed by atoms with E-state index in [2.05, 4.69) is 39.0 Å². The molecule has 1 fully saturated rings. The van der Waals surface area contributed by atoms with Crippen LogP contribution in [0.15, 0.2) is 0 Å². The van der Waals surface area contributed by atoms with E-state index < -0.39 is 16.5 Å². The zero-order valence-electron chi connectivity index (χ0n) is 9.98. The summed E-state index contributed by atoms with van der Waals surface area (Å²) in [7, 11) is 0.694. The Morgan fingerprint density at radius 3 is 1.31 bits per heavy atom. The monoisotopic (exact) mass is 215 g/mol. The maximum absolute atomic E-state index is 2.93. The molecule has 0 N–H and O–H groups in total. The van der Waals surface area contributed by atoms with Gasteiger partial charge in [-0.1, -0.05) is 27.7 Å². The van der Waals surface area contributed by atoms with E-state index in [1.807, 2.05) is 0 Å². The van der Waals surface area contributed by atoms with Crippen molar-refractivity contribution in [1.82, 2.24) is 4.23 Å². The third-order valence-corrected chi connectivity index (χ3v) is 20.9. The minimum Gasteiger partial charge on any atom is -0.348 e. The Bertz CT molecular complexity index is 156. The third kappa shape index (κ3) is 1.45. The van der Waals surface area contributed by atoms with Crippen molar-refractivity contribution in [2.75, 3.05) is 7.05 Å². The maximum Gasteiger partial charge on any atom is 0.119 e. The van der Waals surface area contributed by atoms with Crippen LogP contribution < -0.4 is 0 Å². The third-order valence-electron chi connectivity index (χ3n) is 4.71. The van der Waals surface area contributed by atoms with Gasteiger partial charge in [-0.25, -0.2) is 0 Å². The summed E-state index contributed by atoms with van der Waals surface area (Å²) in [6, 6.07) is 5.92. The molecule has 1 nitrogen and oxygen atoms in total. The van der Waals surface area contributed by atoms with Gasteiger partial charge in [0, 0.05) is 0 Å². The van der Waals surface area contributed by atoms with Gasteiger partial charge in [0.2, 0.25) is 0 Å². The van der Waals surface area contributed by atoms with Crippen LogP contribution in [0, 0.1) is 0 Å². The maximum atomic E-state index is 2.93. The first-order valence-electron chi connectivity index (χ1n) is 5.84. The first-order chi connectivity index (χ1) is 6.10. The summed E-state index contributed by atoms with van der Waals surface area (Å²) in [5, 5.41) is 0. The summed E-state index contributed by atoms with van der Waals surface area (Å²) in [6.07, 6.45) is 0. The van der Waals surface area contributed by atoms with Crippen LogP contribution in [0.25, 0.3) is 0 Å². The highest BCUT2D eigenvalue weighted by molar-refractivity contribution is 7.09. The van der Waals surface area contributed by atoms with Gasteiger partial charge < -0.3 is 4.23 Å². The van der Waals surface area contributed by atoms with Gasteiger partial charge in [-0.05, 0) is 36.9 Å². The summed E-state index contributed by atoms with van der Waals surface area (Å²) >= 11 is 0. The predicted molar refractivity (Wildman–Crippen MR) is 66.0 cm³/mol. The van der Waals surface area contributed by atoms with E-state index in [-0.39, 0.29) is 0 Å². The Balaban J connectivity index is 2.73. The van der Waals surface area contributed by atoms with Crippen molar-refractivity contribution in [3.63, 3.8) is 0 Å². The van der Waals surface area contributed by atoms with Crippen molar-refractivity contribution in [2.45, 2.75) is 57.5 Å². The van der Waals surface area contributed by atoms with Crippen molar-refractivity contribution in [3.8, 4) is 0 Å². The molecule has 0 aliphatic carbocycles. The molecular formula is C10H25NSi2. The first-order valence-corrected chi connectivity index (χ1v) is 11.0. The topological polar surface area (TPSA) is 3.24 Å². The molecule has 1 aliphatic heterocycles. The molecular weight excluding hydrogens is 190 g/mol. The fourth-order valence-electron chi connectivity index (χ4n) is 3.21. The van der Waals surface area contributed by atoms with Crippen molar-refractivity contribution in [3.05, 3.63) is 0 Å². The molecule has 13 heavy (non-hydrogen) atoms. The number of rotatable bonds is 4. The molecule has 0 aromatic rings. The molecule has 0 aromatic heterocycles. The lowest BCUT2D eigenvalue weighted by atomic mass is 10.9. The van der Waals surface area contributed by atoms with Crippen LogP contribution in [0.1, 0.15) is 27.7 Å². The van der Waals surface area contributed by atoms with Crippen LogP contribution in [0.2, 0.25) is 29.8 Å². The number of nitrogens with zero attached hydrogens (tertiary/aromatic N) is 1. The lowest BCUT2D eigenvalue weighted by Crippen LogP contribution is -2.77. The van der Waals surface area contributed by atoms with Gasteiger partial charge in [-0.3, -0.25) is 0 Å². The molecule has 1 rings (SSSR count). The highest BCUT2D eigenvalue weighted by atomic mass is 28.5. The zero-order chi connectivity index (χ0) is 10.1. The molecule has 0 aromatic carbocycles. The van der Waals surface area contributed by atoms with Crippen LogP contribution in [-0.4, -0.2) is 27.7 Å². The normalized spacial score (nSPS) is 25.6. The second-order valence-corrected chi connectivity index (χ2v) is 15.5. The Labute approximate surface area is 85.7 Å². The smallest absolute Gasteiger partial charge is 0.119 e. The molecule has 0 spiro atoms. The summed E-state index contributed by atoms with van der Waals surface area (Å²) in [5.41, 5.74) is 1.69. The molecule has 3 heteroatoms. The van der Waals surface area contributed by atoms with E-state index in [0.29, 0.717) is 0 Å². The fourth-order valence-corrected chi connectivity index (χ4v) is 22.1. The van der Waals surface area contributed by atoms with Gasteiger partial charge in [-0.2, -0.15) is 0 Å². The standard InChI is InChI=1S/C10H25NSi2/c1-6-12(7-2)10-13(8-3,9-4)11(12)5/h6-10H2,1-5H3. The molecule has 1 saturated heterocycles. The average Bonchev–Trinajstić information content (AvgIpc) is 2.19. The minimum absolute atomic E-state index is 0.876. The summed E-state index contributed by atoms with van der Waals surface area (Å²) in [4.78, 5) is 0. The minimum atomic E-state index is -0.876. The van der Waals surface area contributed by atoms with Gasteiger partial charge in [-0.15, -0.1) is 0 Å². The molecule has 0 bridgehead atoms. The lowest BCUT2D eigenvalue weighted by Gasteiger charge is -2.62. The largest absolute Gasteiger partial charge is 0.348 e. The molecule has 78 valence electrons. The molecule has 0 unspecified atom stereocenters. The Morgan fingerprint density at radius 1 is 0.846 bits per heavy atom. The van der Waals surface area contributed by atoms with Crippen molar-refractivity contribution < 1.29 is 0 Å². The highest BCUT2D eigenvalue weighted by Crippen LogP contribution is 2.46. The molecule has 0 radical (unpaired) electrons. The average molecular weight is 215 g/mol. The van der Waals surface area contributed by atoms with Gasteiger partial charge in [0.25, 0.3) is 0 Å².